The normalized spacial score (nSPS) is 27.3. The molecule has 1 aromatic carbocycles. The zero-order valence-corrected chi connectivity index (χ0v) is 13.8. The second kappa shape index (κ2) is 7.28. The number of likely N-dealkylation sites (N-methyl/N-ethyl adjacent to an activating group) is 1. The Morgan fingerprint density at radius 3 is 2.52 bits per heavy atom. The molecule has 0 saturated heterocycles. The minimum Gasteiger partial charge on any atom is -0.494 e. The highest BCUT2D eigenvalue weighted by Crippen LogP contribution is 2.44. The summed E-state index contributed by atoms with van der Waals surface area (Å²) in [4.78, 5) is 0. The van der Waals surface area contributed by atoms with Gasteiger partial charge >= 0.3 is 0 Å². The Kier molecular flexibility index (Phi) is 5.65. The zero-order chi connectivity index (χ0) is 15.3. The molecule has 1 unspecified atom stereocenters. The van der Waals surface area contributed by atoms with Crippen molar-refractivity contribution < 1.29 is 9.47 Å². The maximum absolute atomic E-state index is 6.05. The molecule has 1 aromatic rings. The molecule has 118 valence electrons. The lowest BCUT2D eigenvalue weighted by Crippen LogP contribution is -2.47. The van der Waals surface area contributed by atoms with Gasteiger partial charge in [0, 0.05) is 12.7 Å². The van der Waals surface area contributed by atoms with Crippen LogP contribution in [0.5, 0.6) is 5.75 Å². The summed E-state index contributed by atoms with van der Waals surface area (Å²) in [6, 6.07) is 8.49. The average molecular weight is 291 g/mol. The number of benzene rings is 1. The van der Waals surface area contributed by atoms with Crippen LogP contribution >= 0.6 is 0 Å². The van der Waals surface area contributed by atoms with Crippen molar-refractivity contribution in [2.24, 2.45) is 5.92 Å². The Balaban J connectivity index is 2.33. The van der Waals surface area contributed by atoms with Gasteiger partial charge in [0.25, 0.3) is 0 Å². The van der Waals surface area contributed by atoms with E-state index in [4.69, 9.17) is 9.47 Å². The standard InChI is InChI=1S/C18H29NO2/c1-5-21-16-9-7-6-8-15(16)17(19-3)18(20-4)12-10-14(2)11-13-18/h6-9,14,17,19H,5,10-13H2,1-4H3. The van der Waals surface area contributed by atoms with Gasteiger partial charge < -0.3 is 14.8 Å². The molecular weight excluding hydrogens is 262 g/mol. The summed E-state index contributed by atoms with van der Waals surface area (Å²) in [6.45, 7) is 5.05. The van der Waals surface area contributed by atoms with Crippen molar-refractivity contribution in [1.29, 1.82) is 0 Å². The van der Waals surface area contributed by atoms with Crippen molar-refractivity contribution in [2.45, 2.75) is 51.2 Å². The van der Waals surface area contributed by atoms with E-state index in [1.165, 1.54) is 18.4 Å². The van der Waals surface area contributed by atoms with E-state index in [0.29, 0.717) is 6.61 Å². The van der Waals surface area contributed by atoms with Crippen molar-refractivity contribution in [3.8, 4) is 5.75 Å². The van der Waals surface area contributed by atoms with Crippen LogP contribution in [-0.4, -0.2) is 26.4 Å². The largest absolute Gasteiger partial charge is 0.494 e. The van der Waals surface area contributed by atoms with Crippen molar-refractivity contribution in [2.75, 3.05) is 20.8 Å². The maximum atomic E-state index is 6.05. The highest BCUT2D eigenvalue weighted by molar-refractivity contribution is 5.38. The van der Waals surface area contributed by atoms with Crippen LogP contribution < -0.4 is 10.1 Å². The van der Waals surface area contributed by atoms with Crippen LogP contribution in [0.2, 0.25) is 0 Å². The predicted molar refractivity (Wildman–Crippen MR) is 86.8 cm³/mol. The Hall–Kier alpha value is -1.06. The second-order valence-electron chi connectivity index (χ2n) is 6.14. The molecule has 0 radical (unpaired) electrons. The summed E-state index contributed by atoms with van der Waals surface area (Å²) >= 11 is 0. The van der Waals surface area contributed by atoms with Gasteiger partial charge in [-0.25, -0.2) is 0 Å². The van der Waals surface area contributed by atoms with E-state index >= 15 is 0 Å². The fourth-order valence-electron chi connectivity index (χ4n) is 3.57. The molecule has 21 heavy (non-hydrogen) atoms. The van der Waals surface area contributed by atoms with Crippen LogP contribution in [0, 0.1) is 5.92 Å². The number of para-hydroxylation sites is 1. The van der Waals surface area contributed by atoms with Crippen LogP contribution in [0.1, 0.15) is 51.1 Å². The van der Waals surface area contributed by atoms with Gasteiger partial charge in [0.05, 0.1) is 18.2 Å². The van der Waals surface area contributed by atoms with E-state index in [0.717, 1.165) is 24.5 Å². The smallest absolute Gasteiger partial charge is 0.124 e. The van der Waals surface area contributed by atoms with Crippen molar-refractivity contribution in [1.82, 2.24) is 5.32 Å². The van der Waals surface area contributed by atoms with E-state index in [9.17, 15) is 0 Å². The molecule has 0 heterocycles. The van der Waals surface area contributed by atoms with Gasteiger partial charge in [-0.15, -0.1) is 0 Å². The lowest BCUT2D eigenvalue weighted by atomic mass is 9.73. The van der Waals surface area contributed by atoms with Gasteiger partial charge in [0.2, 0.25) is 0 Å². The van der Waals surface area contributed by atoms with Crippen LogP contribution in [-0.2, 0) is 4.74 Å². The molecule has 1 fully saturated rings. The molecular formula is C18H29NO2. The lowest BCUT2D eigenvalue weighted by molar-refractivity contribution is -0.0749. The molecule has 2 rings (SSSR count). The number of rotatable bonds is 6. The first kappa shape index (κ1) is 16.3. The van der Waals surface area contributed by atoms with Crippen LogP contribution in [0.25, 0.3) is 0 Å². The van der Waals surface area contributed by atoms with Gasteiger partial charge in [0.1, 0.15) is 5.75 Å². The van der Waals surface area contributed by atoms with Crippen LogP contribution in [0.3, 0.4) is 0 Å². The molecule has 3 heteroatoms. The number of hydrogen-bond donors (Lipinski definition) is 1. The molecule has 0 aliphatic heterocycles. The summed E-state index contributed by atoms with van der Waals surface area (Å²) in [7, 11) is 3.87. The first-order chi connectivity index (χ1) is 10.2. The minimum absolute atomic E-state index is 0.130. The molecule has 1 aliphatic rings. The number of hydrogen-bond acceptors (Lipinski definition) is 3. The third-order valence-electron chi connectivity index (χ3n) is 4.87. The first-order valence-corrected chi connectivity index (χ1v) is 8.11. The minimum atomic E-state index is -0.130. The third kappa shape index (κ3) is 3.41. The van der Waals surface area contributed by atoms with Crippen molar-refractivity contribution in [3.05, 3.63) is 29.8 Å². The second-order valence-corrected chi connectivity index (χ2v) is 6.14. The SMILES string of the molecule is CCOc1ccccc1C(NC)C1(OC)CCC(C)CC1. The van der Waals surface area contributed by atoms with Gasteiger partial charge in [0.15, 0.2) is 0 Å². The van der Waals surface area contributed by atoms with Crippen LogP contribution in [0.15, 0.2) is 24.3 Å². The fraction of sp³-hybridized carbons (Fsp3) is 0.667. The van der Waals surface area contributed by atoms with E-state index in [2.05, 4.69) is 30.4 Å². The molecule has 0 bridgehead atoms. The predicted octanol–water partition coefficient (Wildman–Crippen LogP) is 3.94. The first-order valence-electron chi connectivity index (χ1n) is 8.11. The van der Waals surface area contributed by atoms with Crippen molar-refractivity contribution in [3.63, 3.8) is 0 Å². The Bertz CT molecular complexity index is 439. The molecule has 1 N–H and O–H groups in total. The summed E-state index contributed by atoms with van der Waals surface area (Å²) in [5.41, 5.74) is 1.08. The number of methoxy groups -OCH3 is 1. The summed E-state index contributed by atoms with van der Waals surface area (Å²) in [5, 5.41) is 3.49. The quantitative estimate of drug-likeness (QED) is 0.861. The third-order valence-corrected chi connectivity index (χ3v) is 4.87. The van der Waals surface area contributed by atoms with E-state index in [1.54, 1.807) is 0 Å². The van der Waals surface area contributed by atoms with E-state index in [1.807, 2.05) is 27.1 Å². The number of nitrogens with one attached hydrogen (secondary N) is 1. The van der Waals surface area contributed by atoms with Crippen LogP contribution in [0.4, 0.5) is 0 Å². The summed E-state index contributed by atoms with van der Waals surface area (Å²) < 4.78 is 11.9. The highest BCUT2D eigenvalue weighted by Gasteiger charge is 2.42. The Morgan fingerprint density at radius 2 is 1.95 bits per heavy atom. The van der Waals surface area contributed by atoms with Gasteiger partial charge in [-0.05, 0) is 51.6 Å². The molecule has 1 saturated carbocycles. The zero-order valence-electron chi connectivity index (χ0n) is 13.8. The maximum Gasteiger partial charge on any atom is 0.124 e. The topological polar surface area (TPSA) is 30.5 Å². The Morgan fingerprint density at radius 1 is 1.29 bits per heavy atom. The van der Waals surface area contributed by atoms with Gasteiger partial charge in [-0.2, -0.15) is 0 Å². The molecule has 1 atom stereocenters. The van der Waals surface area contributed by atoms with Gasteiger partial charge in [-0.1, -0.05) is 25.1 Å². The lowest BCUT2D eigenvalue weighted by Gasteiger charge is -2.44. The summed E-state index contributed by atoms with van der Waals surface area (Å²) in [5.74, 6) is 1.77. The van der Waals surface area contributed by atoms with E-state index < -0.39 is 0 Å². The van der Waals surface area contributed by atoms with Gasteiger partial charge in [-0.3, -0.25) is 0 Å². The number of ether oxygens (including phenoxy) is 2. The highest BCUT2D eigenvalue weighted by atomic mass is 16.5. The molecule has 3 nitrogen and oxygen atoms in total. The summed E-state index contributed by atoms with van der Waals surface area (Å²) in [6.07, 6.45) is 4.64. The molecule has 0 amide bonds. The molecule has 0 spiro atoms. The molecule has 0 aromatic heterocycles. The average Bonchev–Trinajstić information content (AvgIpc) is 2.52. The fourth-order valence-corrected chi connectivity index (χ4v) is 3.57. The van der Waals surface area contributed by atoms with Crippen molar-refractivity contribution >= 4 is 0 Å². The molecule has 1 aliphatic carbocycles. The van der Waals surface area contributed by atoms with E-state index in [-0.39, 0.29) is 11.6 Å². The Labute approximate surface area is 129 Å². The monoisotopic (exact) mass is 291 g/mol.